The number of sulfonamides is 1. The highest BCUT2D eigenvalue weighted by atomic mass is 35.5. The van der Waals surface area contributed by atoms with Crippen LogP contribution >= 0.6 is 11.6 Å². The SMILES string of the molecule is C[C@@H](CC(=O)O)[C@H]1CN(S(=O)(=O)c2cccc(C(F)(F)F)c2)c2cc(-c3cc(F)cc(F)c3Cl)ccc2O1. The van der Waals surface area contributed by atoms with E-state index in [0.717, 1.165) is 28.6 Å². The molecule has 1 N–H and O–H groups in total. The number of benzene rings is 3. The summed E-state index contributed by atoms with van der Waals surface area (Å²) in [5.41, 5.74) is -1.29. The zero-order chi connectivity index (χ0) is 28.0. The predicted octanol–water partition coefficient (Wildman–Crippen LogP) is 6.37. The van der Waals surface area contributed by atoms with Gasteiger partial charge in [-0.3, -0.25) is 9.10 Å². The maximum atomic E-state index is 14.1. The summed E-state index contributed by atoms with van der Waals surface area (Å²) < 4.78 is 102. The Balaban J connectivity index is 1.87. The van der Waals surface area contributed by atoms with Crippen LogP contribution in [0.2, 0.25) is 5.02 Å². The van der Waals surface area contributed by atoms with Crippen LogP contribution in [0.5, 0.6) is 5.75 Å². The van der Waals surface area contributed by atoms with Crippen LogP contribution in [0, 0.1) is 17.6 Å². The summed E-state index contributed by atoms with van der Waals surface area (Å²) in [6, 6.07) is 8.61. The van der Waals surface area contributed by atoms with E-state index in [1.165, 1.54) is 25.1 Å². The standard InChI is InChI=1S/C25H19ClF5NO5S/c1-13(7-23(33)34)22-12-32(38(35,36)17-4-2-3-15(9-17)25(29,30)31)20-8-14(5-6-21(20)37-22)18-10-16(27)11-19(28)24(18)26/h2-6,8-11,13,22H,7,12H2,1H3,(H,33,34)/t13-,22+/m0/s1. The van der Waals surface area contributed by atoms with Crippen molar-refractivity contribution in [2.45, 2.75) is 30.5 Å². The van der Waals surface area contributed by atoms with Gasteiger partial charge in [0.15, 0.2) is 0 Å². The van der Waals surface area contributed by atoms with Gasteiger partial charge < -0.3 is 9.84 Å². The first kappa shape index (κ1) is 27.6. The topological polar surface area (TPSA) is 83.9 Å². The van der Waals surface area contributed by atoms with Crippen molar-refractivity contribution in [1.82, 2.24) is 0 Å². The molecule has 6 nitrogen and oxygen atoms in total. The fourth-order valence-corrected chi connectivity index (χ4v) is 5.84. The summed E-state index contributed by atoms with van der Waals surface area (Å²) in [5.74, 6) is -3.85. The molecule has 4 rings (SSSR count). The number of aliphatic carboxylic acids is 1. The van der Waals surface area contributed by atoms with Crippen LogP contribution in [0.25, 0.3) is 11.1 Å². The van der Waals surface area contributed by atoms with E-state index in [2.05, 4.69) is 0 Å². The molecule has 0 aromatic heterocycles. The second kappa shape index (κ2) is 10.1. The van der Waals surface area contributed by atoms with E-state index in [4.69, 9.17) is 16.3 Å². The molecule has 0 unspecified atom stereocenters. The number of halogens is 6. The molecule has 202 valence electrons. The lowest BCUT2D eigenvalue weighted by atomic mass is 9.98. The quantitative estimate of drug-likeness (QED) is 0.273. The van der Waals surface area contributed by atoms with Crippen molar-refractivity contribution in [3.05, 3.63) is 76.8 Å². The summed E-state index contributed by atoms with van der Waals surface area (Å²) in [7, 11) is -4.65. The number of ether oxygens (including phenoxy) is 1. The number of carboxylic acids is 1. The highest BCUT2D eigenvalue weighted by Crippen LogP contribution is 2.43. The minimum atomic E-state index is -4.81. The van der Waals surface area contributed by atoms with E-state index in [0.29, 0.717) is 12.1 Å². The van der Waals surface area contributed by atoms with Crippen LogP contribution in [0.15, 0.2) is 59.5 Å². The van der Waals surface area contributed by atoms with Gasteiger partial charge in [0.05, 0.1) is 34.1 Å². The molecular weight excluding hydrogens is 557 g/mol. The lowest BCUT2D eigenvalue weighted by Gasteiger charge is -2.38. The third-order valence-electron chi connectivity index (χ3n) is 6.04. The number of hydrogen-bond donors (Lipinski definition) is 1. The van der Waals surface area contributed by atoms with E-state index < -0.39 is 67.9 Å². The number of rotatable bonds is 6. The Hall–Kier alpha value is -3.38. The number of hydrogen-bond acceptors (Lipinski definition) is 4. The van der Waals surface area contributed by atoms with Gasteiger partial charge in [-0.05, 0) is 42.0 Å². The number of alkyl halides is 3. The number of fused-ring (bicyclic) bond motifs is 1. The van der Waals surface area contributed by atoms with Crippen LogP contribution < -0.4 is 9.04 Å². The molecule has 3 aromatic carbocycles. The van der Waals surface area contributed by atoms with Gasteiger partial charge in [-0.15, -0.1) is 0 Å². The van der Waals surface area contributed by atoms with Crippen LogP contribution in [0.3, 0.4) is 0 Å². The van der Waals surface area contributed by atoms with E-state index in [1.54, 1.807) is 0 Å². The smallest absolute Gasteiger partial charge is 0.416 e. The zero-order valence-electron chi connectivity index (χ0n) is 19.5. The molecule has 0 radical (unpaired) electrons. The number of carbonyl (C=O) groups is 1. The van der Waals surface area contributed by atoms with Gasteiger partial charge in [-0.2, -0.15) is 13.2 Å². The molecule has 0 bridgehead atoms. The first-order valence-electron chi connectivity index (χ1n) is 11.1. The minimum absolute atomic E-state index is 0.0224. The van der Waals surface area contributed by atoms with E-state index in [-0.39, 0.29) is 29.0 Å². The van der Waals surface area contributed by atoms with Crippen molar-refractivity contribution in [1.29, 1.82) is 0 Å². The van der Waals surface area contributed by atoms with Gasteiger partial charge in [0.1, 0.15) is 23.5 Å². The molecule has 0 spiro atoms. The van der Waals surface area contributed by atoms with Crippen molar-refractivity contribution in [2.75, 3.05) is 10.8 Å². The Morgan fingerprint density at radius 3 is 2.53 bits per heavy atom. The molecular formula is C25H19ClF5NO5S. The summed E-state index contributed by atoms with van der Waals surface area (Å²) in [6.45, 7) is 1.09. The Labute approximate surface area is 219 Å². The molecule has 1 aliphatic rings. The van der Waals surface area contributed by atoms with Crippen LogP contribution in [-0.4, -0.2) is 32.1 Å². The largest absolute Gasteiger partial charge is 0.486 e. The third-order valence-corrected chi connectivity index (χ3v) is 8.20. The molecule has 13 heteroatoms. The van der Waals surface area contributed by atoms with Crippen LogP contribution in [0.4, 0.5) is 27.6 Å². The summed E-state index contributed by atoms with van der Waals surface area (Å²) in [4.78, 5) is 10.6. The fraction of sp³-hybridized carbons (Fsp3) is 0.240. The molecule has 0 saturated heterocycles. The second-order valence-electron chi connectivity index (χ2n) is 8.72. The Morgan fingerprint density at radius 2 is 1.87 bits per heavy atom. The maximum Gasteiger partial charge on any atom is 0.416 e. The van der Waals surface area contributed by atoms with Gasteiger partial charge in [0.2, 0.25) is 0 Å². The zero-order valence-corrected chi connectivity index (χ0v) is 21.0. The Morgan fingerprint density at radius 1 is 1.16 bits per heavy atom. The monoisotopic (exact) mass is 575 g/mol. The van der Waals surface area contributed by atoms with E-state index in [9.17, 15) is 40.3 Å². The van der Waals surface area contributed by atoms with Gasteiger partial charge in [0.25, 0.3) is 10.0 Å². The molecule has 38 heavy (non-hydrogen) atoms. The highest BCUT2D eigenvalue weighted by molar-refractivity contribution is 7.92. The minimum Gasteiger partial charge on any atom is -0.486 e. The number of nitrogens with zero attached hydrogens (tertiary/aromatic N) is 1. The van der Waals surface area contributed by atoms with Crippen molar-refractivity contribution >= 4 is 33.3 Å². The average molecular weight is 576 g/mol. The predicted molar refractivity (Wildman–Crippen MR) is 129 cm³/mol. The average Bonchev–Trinajstić information content (AvgIpc) is 2.84. The highest BCUT2D eigenvalue weighted by Gasteiger charge is 2.39. The lowest BCUT2D eigenvalue weighted by molar-refractivity contribution is -0.139. The fourth-order valence-electron chi connectivity index (χ4n) is 4.10. The van der Waals surface area contributed by atoms with Gasteiger partial charge >= 0.3 is 12.1 Å². The van der Waals surface area contributed by atoms with Crippen molar-refractivity contribution < 1.29 is 45.0 Å². The Kier molecular flexibility index (Phi) is 7.32. The summed E-state index contributed by atoms with van der Waals surface area (Å²) >= 11 is 6.01. The molecule has 2 atom stereocenters. The van der Waals surface area contributed by atoms with E-state index in [1.807, 2.05) is 0 Å². The molecule has 1 heterocycles. The number of carboxylic acid groups (broad SMARTS) is 1. The summed E-state index contributed by atoms with van der Waals surface area (Å²) in [5, 5.41) is 8.76. The first-order chi connectivity index (χ1) is 17.7. The van der Waals surface area contributed by atoms with Crippen molar-refractivity contribution in [3.8, 4) is 16.9 Å². The van der Waals surface area contributed by atoms with Crippen molar-refractivity contribution in [2.24, 2.45) is 5.92 Å². The number of anilines is 1. The molecule has 3 aromatic rings. The second-order valence-corrected chi connectivity index (χ2v) is 11.0. The van der Waals surface area contributed by atoms with Gasteiger partial charge in [-0.1, -0.05) is 30.7 Å². The third kappa shape index (κ3) is 5.41. The van der Waals surface area contributed by atoms with Crippen LogP contribution in [0.1, 0.15) is 18.9 Å². The Bertz CT molecular complexity index is 1510. The lowest BCUT2D eigenvalue weighted by Crippen LogP contribution is -2.46. The van der Waals surface area contributed by atoms with E-state index >= 15 is 0 Å². The molecule has 0 aliphatic carbocycles. The molecule has 0 saturated carbocycles. The van der Waals surface area contributed by atoms with Gasteiger partial charge in [0, 0.05) is 17.5 Å². The van der Waals surface area contributed by atoms with Crippen molar-refractivity contribution in [3.63, 3.8) is 0 Å². The first-order valence-corrected chi connectivity index (χ1v) is 12.9. The maximum absolute atomic E-state index is 14.1. The molecule has 0 fully saturated rings. The molecule has 0 amide bonds. The van der Waals surface area contributed by atoms with Crippen LogP contribution in [-0.2, 0) is 21.0 Å². The molecule has 1 aliphatic heterocycles. The van der Waals surface area contributed by atoms with Gasteiger partial charge in [-0.25, -0.2) is 17.2 Å². The summed E-state index contributed by atoms with van der Waals surface area (Å²) in [6.07, 6.45) is -6.15. The normalized spacial score (nSPS) is 16.5.